The number of alkyl halides is 6. The predicted molar refractivity (Wildman–Crippen MR) is 68.7 cm³/mol. The van der Waals surface area contributed by atoms with Crippen molar-refractivity contribution in [3.63, 3.8) is 0 Å². The Morgan fingerprint density at radius 1 is 0.652 bits per heavy atom. The molecule has 0 atom stereocenters. The summed E-state index contributed by atoms with van der Waals surface area (Å²) in [5, 5.41) is 16.0. The van der Waals surface area contributed by atoms with Crippen LogP contribution < -0.4 is 0 Å². The lowest BCUT2D eigenvalue weighted by atomic mass is 10.1. The molecule has 0 radical (unpaired) electrons. The van der Waals surface area contributed by atoms with Gasteiger partial charge in [-0.05, 0) is 42.5 Å². The van der Waals surface area contributed by atoms with Crippen LogP contribution in [0, 0.1) is 0 Å². The standard InChI is InChI=1S/C14H8F6N2O/c15-13(16,17)8-5-9(14(18,19)20)7-11(6-8)22-21-10-1-3-12(23)4-2-10/h1-7,23H. The van der Waals surface area contributed by atoms with Crippen molar-refractivity contribution in [3.05, 3.63) is 53.6 Å². The fourth-order valence-electron chi connectivity index (χ4n) is 1.63. The molecule has 0 bridgehead atoms. The van der Waals surface area contributed by atoms with Crippen molar-refractivity contribution in [2.45, 2.75) is 12.4 Å². The average Bonchev–Trinajstić information content (AvgIpc) is 2.44. The smallest absolute Gasteiger partial charge is 0.416 e. The first kappa shape index (κ1) is 16.8. The monoisotopic (exact) mass is 334 g/mol. The van der Waals surface area contributed by atoms with Crippen molar-refractivity contribution in [2.24, 2.45) is 10.2 Å². The Bertz CT molecular complexity index is 687. The highest BCUT2D eigenvalue weighted by molar-refractivity contribution is 5.47. The maximum Gasteiger partial charge on any atom is 0.416 e. The summed E-state index contributed by atoms with van der Waals surface area (Å²) in [6.45, 7) is 0. The lowest BCUT2D eigenvalue weighted by Gasteiger charge is -2.12. The van der Waals surface area contributed by atoms with Crippen LogP contribution >= 0.6 is 0 Å². The van der Waals surface area contributed by atoms with E-state index in [1.54, 1.807) is 0 Å². The van der Waals surface area contributed by atoms with Crippen LogP contribution in [0.1, 0.15) is 11.1 Å². The molecule has 23 heavy (non-hydrogen) atoms. The van der Waals surface area contributed by atoms with Gasteiger partial charge in [0.2, 0.25) is 0 Å². The molecular formula is C14H8F6N2O. The molecule has 0 aliphatic heterocycles. The van der Waals surface area contributed by atoms with E-state index in [4.69, 9.17) is 5.11 Å². The molecule has 0 aromatic heterocycles. The minimum absolute atomic E-state index is 0.0135. The predicted octanol–water partition coefficient (Wildman–Crippen LogP) is 5.85. The second-order valence-electron chi connectivity index (χ2n) is 4.48. The zero-order valence-electron chi connectivity index (χ0n) is 11.2. The maximum atomic E-state index is 12.7. The van der Waals surface area contributed by atoms with E-state index in [1.807, 2.05) is 0 Å². The van der Waals surface area contributed by atoms with E-state index < -0.39 is 29.2 Å². The molecule has 3 nitrogen and oxygen atoms in total. The molecule has 0 unspecified atom stereocenters. The number of rotatable bonds is 2. The Morgan fingerprint density at radius 3 is 1.52 bits per heavy atom. The van der Waals surface area contributed by atoms with Gasteiger partial charge < -0.3 is 5.11 Å². The normalized spacial score (nSPS) is 12.8. The topological polar surface area (TPSA) is 45.0 Å². The van der Waals surface area contributed by atoms with Crippen LogP contribution in [0.25, 0.3) is 0 Å². The summed E-state index contributed by atoms with van der Waals surface area (Å²) in [6, 6.07) is 6.06. The zero-order valence-corrected chi connectivity index (χ0v) is 11.2. The first-order chi connectivity index (χ1) is 10.6. The van der Waals surface area contributed by atoms with Crippen molar-refractivity contribution >= 4 is 11.4 Å². The molecule has 1 N–H and O–H groups in total. The third-order valence-electron chi connectivity index (χ3n) is 2.70. The molecule has 0 aliphatic rings. The molecule has 2 aromatic carbocycles. The number of hydrogen-bond donors (Lipinski definition) is 1. The van der Waals surface area contributed by atoms with Crippen LogP contribution in [0.5, 0.6) is 5.75 Å². The molecule has 0 aliphatic carbocycles. The van der Waals surface area contributed by atoms with Gasteiger partial charge in [0, 0.05) is 0 Å². The Labute approximate surface area is 125 Å². The number of azo groups is 1. The lowest BCUT2D eigenvalue weighted by molar-refractivity contribution is -0.143. The average molecular weight is 334 g/mol. The largest absolute Gasteiger partial charge is 0.508 e. The number of nitrogens with zero attached hydrogens (tertiary/aromatic N) is 2. The molecule has 0 saturated heterocycles. The molecular weight excluding hydrogens is 326 g/mol. The van der Waals surface area contributed by atoms with Crippen LogP contribution in [-0.4, -0.2) is 5.11 Å². The van der Waals surface area contributed by atoms with Gasteiger partial charge in [0.05, 0.1) is 22.5 Å². The minimum atomic E-state index is -4.94. The van der Waals surface area contributed by atoms with Gasteiger partial charge in [-0.1, -0.05) is 0 Å². The van der Waals surface area contributed by atoms with Crippen LogP contribution in [0.3, 0.4) is 0 Å². The summed E-state index contributed by atoms with van der Waals surface area (Å²) in [4.78, 5) is 0. The quantitative estimate of drug-likeness (QED) is 0.544. The van der Waals surface area contributed by atoms with E-state index in [0.29, 0.717) is 12.1 Å². The van der Waals surface area contributed by atoms with E-state index >= 15 is 0 Å². The summed E-state index contributed by atoms with van der Waals surface area (Å²) in [7, 11) is 0. The van der Waals surface area contributed by atoms with Gasteiger partial charge in [-0.25, -0.2) is 0 Å². The molecule has 0 fully saturated rings. The minimum Gasteiger partial charge on any atom is -0.508 e. The Hall–Kier alpha value is -2.58. The lowest BCUT2D eigenvalue weighted by Crippen LogP contribution is -2.10. The van der Waals surface area contributed by atoms with E-state index in [2.05, 4.69) is 10.2 Å². The third-order valence-corrected chi connectivity index (χ3v) is 2.70. The molecule has 0 amide bonds. The fraction of sp³-hybridized carbons (Fsp3) is 0.143. The second-order valence-corrected chi connectivity index (χ2v) is 4.48. The summed E-state index contributed by atoms with van der Waals surface area (Å²) in [6.07, 6.45) is -9.88. The molecule has 9 heteroatoms. The molecule has 2 aromatic rings. The summed E-state index contributed by atoms with van der Waals surface area (Å²) in [5.41, 5.74) is -3.35. The van der Waals surface area contributed by atoms with Crippen molar-refractivity contribution in [1.82, 2.24) is 0 Å². The molecule has 0 spiro atoms. The van der Waals surface area contributed by atoms with Crippen LogP contribution in [0.4, 0.5) is 37.7 Å². The van der Waals surface area contributed by atoms with Crippen molar-refractivity contribution in [3.8, 4) is 5.75 Å². The Kier molecular flexibility index (Phi) is 4.31. The van der Waals surface area contributed by atoms with Gasteiger partial charge in [0.1, 0.15) is 5.75 Å². The zero-order chi connectivity index (χ0) is 17.3. The highest BCUT2D eigenvalue weighted by Crippen LogP contribution is 2.38. The van der Waals surface area contributed by atoms with E-state index in [9.17, 15) is 26.3 Å². The Morgan fingerprint density at radius 2 is 1.09 bits per heavy atom. The van der Waals surface area contributed by atoms with Crippen molar-refractivity contribution < 1.29 is 31.4 Å². The van der Waals surface area contributed by atoms with Crippen LogP contribution in [0.15, 0.2) is 52.7 Å². The van der Waals surface area contributed by atoms with Crippen LogP contribution in [0.2, 0.25) is 0 Å². The first-order valence-electron chi connectivity index (χ1n) is 6.06. The SMILES string of the molecule is Oc1ccc(N=Nc2cc(C(F)(F)F)cc(C(F)(F)F)c2)cc1. The molecule has 0 saturated carbocycles. The fourth-order valence-corrected chi connectivity index (χ4v) is 1.63. The van der Waals surface area contributed by atoms with Gasteiger partial charge in [-0.3, -0.25) is 0 Å². The summed E-state index contributed by atoms with van der Waals surface area (Å²) >= 11 is 0. The first-order valence-corrected chi connectivity index (χ1v) is 6.06. The van der Waals surface area contributed by atoms with E-state index in [-0.39, 0.29) is 17.5 Å². The second kappa shape index (κ2) is 5.90. The number of hydrogen-bond acceptors (Lipinski definition) is 3. The van der Waals surface area contributed by atoms with Gasteiger partial charge >= 0.3 is 12.4 Å². The summed E-state index contributed by atoms with van der Waals surface area (Å²) in [5.74, 6) is -0.0672. The number of phenols is 1. The maximum absolute atomic E-state index is 12.7. The van der Waals surface area contributed by atoms with Gasteiger partial charge in [-0.2, -0.15) is 36.6 Å². The third kappa shape index (κ3) is 4.44. The van der Waals surface area contributed by atoms with E-state index in [0.717, 1.165) is 0 Å². The molecule has 2 rings (SSSR count). The molecule has 0 heterocycles. The highest BCUT2D eigenvalue weighted by atomic mass is 19.4. The van der Waals surface area contributed by atoms with Crippen molar-refractivity contribution in [2.75, 3.05) is 0 Å². The highest BCUT2D eigenvalue weighted by Gasteiger charge is 2.36. The van der Waals surface area contributed by atoms with E-state index in [1.165, 1.54) is 24.3 Å². The number of benzene rings is 2. The molecule has 122 valence electrons. The number of halogens is 6. The Balaban J connectivity index is 2.43. The number of phenolic OH excluding ortho intramolecular Hbond substituents is 1. The number of aromatic hydroxyl groups is 1. The van der Waals surface area contributed by atoms with Gasteiger partial charge in [-0.15, -0.1) is 0 Å². The van der Waals surface area contributed by atoms with Gasteiger partial charge in [0.25, 0.3) is 0 Å². The van der Waals surface area contributed by atoms with Crippen molar-refractivity contribution in [1.29, 1.82) is 0 Å². The van der Waals surface area contributed by atoms with Gasteiger partial charge in [0.15, 0.2) is 0 Å². The van der Waals surface area contributed by atoms with Crippen LogP contribution in [-0.2, 0) is 12.4 Å². The summed E-state index contributed by atoms with van der Waals surface area (Å²) < 4.78 is 76.1.